The van der Waals surface area contributed by atoms with E-state index in [4.69, 9.17) is 20.8 Å². The van der Waals surface area contributed by atoms with Gasteiger partial charge in [0.05, 0.1) is 19.4 Å². The molecule has 3 aromatic rings. The number of ether oxygens (including phenoxy) is 1. The number of nitrogens with zero attached hydrogens (tertiary/aromatic N) is 1. The first-order valence-corrected chi connectivity index (χ1v) is 9.55. The number of furan rings is 1. The highest BCUT2D eigenvalue weighted by Gasteiger charge is 2.24. The van der Waals surface area contributed by atoms with Gasteiger partial charge in [-0.1, -0.05) is 17.7 Å². The zero-order valence-electron chi connectivity index (χ0n) is 14.6. The predicted octanol–water partition coefficient (Wildman–Crippen LogP) is 5.30. The Morgan fingerprint density at radius 3 is 2.77 bits per heavy atom. The molecule has 4 nitrogen and oxygen atoms in total. The highest BCUT2D eigenvalue weighted by Crippen LogP contribution is 2.23. The lowest BCUT2D eigenvalue weighted by Gasteiger charge is -2.25. The summed E-state index contributed by atoms with van der Waals surface area (Å²) in [7, 11) is 0. The van der Waals surface area contributed by atoms with Crippen molar-refractivity contribution in [1.82, 2.24) is 4.90 Å². The molecule has 0 saturated heterocycles. The Hall–Kier alpha value is -2.24. The molecule has 6 heteroatoms. The smallest absolute Gasteiger partial charge is 0.264 e. The minimum Gasteiger partial charge on any atom is -0.481 e. The monoisotopic (exact) mass is 389 g/mol. The van der Waals surface area contributed by atoms with Crippen LogP contribution in [0, 0.1) is 6.92 Å². The SMILES string of the molecule is Cc1cc(O[C@@H](C)C(=O)N(Cc2ccco2)Cc2cccs2)ccc1Cl. The van der Waals surface area contributed by atoms with E-state index in [2.05, 4.69) is 0 Å². The summed E-state index contributed by atoms with van der Waals surface area (Å²) in [4.78, 5) is 15.8. The first-order chi connectivity index (χ1) is 12.5. The molecule has 0 saturated carbocycles. The largest absolute Gasteiger partial charge is 0.481 e. The molecule has 26 heavy (non-hydrogen) atoms. The summed E-state index contributed by atoms with van der Waals surface area (Å²) in [6, 6.07) is 13.1. The van der Waals surface area contributed by atoms with Crippen molar-refractivity contribution in [2.75, 3.05) is 0 Å². The molecule has 0 fully saturated rings. The minimum absolute atomic E-state index is 0.0950. The van der Waals surface area contributed by atoms with Gasteiger partial charge < -0.3 is 14.1 Å². The topological polar surface area (TPSA) is 42.7 Å². The van der Waals surface area contributed by atoms with E-state index >= 15 is 0 Å². The Balaban J connectivity index is 1.73. The van der Waals surface area contributed by atoms with Gasteiger partial charge in [-0.15, -0.1) is 11.3 Å². The first-order valence-electron chi connectivity index (χ1n) is 8.29. The van der Waals surface area contributed by atoms with Gasteiger partial charge >= 0.3 is 0 Å². The van der Waals surface area contributed by atoms with E-state index in [0.29, 0.717) is 23.9 Å². The van der Waals surface area contributed by atoms with E-state index in [1.54, 1.807) is 41.6 Å². The number of benzene rings is 1. The maximum atomic E-state index is 13.0. The van der Waals surface area contributed by atoms with Gasteiger partial charge in [0.2, 0.25) is 0 Å². The molecule has 0 N–H and O–H groups in total. The van der Waals surface area contributed by atoms with E-state index in [9.17, 15) is 4.79 Å². The third-order valence-electron chi connectivity index (χ3n) is 3.96. The zero-order chi connectivity index (χ0) is 18.5. The summed E-state index contributed by atoms with van der Waals surface area (Å²) < 4.78 is 11.3. The molecule has 2 aromatic heterocycles. The fourth-order valence-corrected chi connectivity index (χ4v) is 3.43. The van der Waals surface area contributed by atoms with Crippen LogP contribution < -0.4 is 4.74 Å². The van der Waals surface area contributed by atoms with Gasteiger partial charge in [0.1, 0.15) is 11.5 Å². The molecule has 0 radical (unpaired) electrons. The van der Waals surface area contributed by atoms with Gasteiger partial charge in [0.15, 0.2) is 6.10 Å². The van der Waals surface area contributed by atoms with Crippen LogP contribution in [0.15, 0.2) is 58.5 Å². The molecule has 0 aliphatic rings. The van der Waals surface area contributed by atoms with Gasteiger partial charge in [-0.05, 0) is 61.2 Å². The number of thiophene rings is 1. The Kier molecular flexibility index (Phi) is 6.01. The van der Waals surface area contributed by atoms with Crippen LogP contribution in [-0.4, -0.2) is 16.9 Å². The second-order valence-corrected chi connectivity index (χ2v) is 7.46. The fourth-order valence-electron chi connectivity index (χ4n) is 2.60. The van der Waals surface area contributed by atoms with Crippen molar-refractivity contribution in [1.29, 1.82) is 0 Å². The summed E-state index contributed by atoms with van der Waals surface area (Å²) in [6.45, 7) is 4.58. The maximum absolute atomic E-state index is 13.0. The van der Waals surface area contributed by atoms with Crippen molar-refractivity contribution in [3.05, 3.63) is 75.3 Å². The van der Waals surface area contributed by atoms with Crippen LogP contribution in [-0.2, 0) is 17.9 Å². The van der Waals surface area contributed by atoms with Crippen molar-refractivity contribution < 1.29 is 13.9 Å². The second-order valence-electron chi connectivity index (χ2n) is 6.02. The van der Waals surface area contributed by atoms with Crippen LogP contribution in [0.4, 0.5) is 0 Å². The number of rotatable bonds is 7. The van der Waals surface area contributed by atoms with Gasteiger partial charge in [-0.2, -0.15) is 0 Å². The molecule has 1 aromatic carbocycles. The van der Waals surface area contributed by atoms with Gasteiger partial charge in [-0.25, -0.2) is 0 Å². The third kappa shape index (κ3) is 4.68. The molecule has 2 heterocycles. The number of halogens is 1. The summed E-state index contributed by atoms with van der Waals surface area (Å²) >= 11 is 7.67. The van der Waals surface area contributed by atoms with E-state index in [1.807, 2.05) is 42.6 Å². The van der Waals surface area contributed by atoms with Crippen LogP contribution in [0.25, 0.3) is 0 Å². The average Bonchev–Trinajstić information content (AvgIpc) is 3.31. The molecule has 1 amide bonds. The summed E-state index contributed by atoms with van der Waals surface area (Å²) in [5, 5.41) is 2.68. The van der Waals surface area contributed by atoms with Crippen molar-refractivity contribution in [2.24, 2.45) is 0 Å². The molecular formula is C20H20ClNO3S. The van der Waals surface area contributed by atoms with Crippen LogP contribution in [0.2, 0.25) is 5.02 Å². The molecule has 0 aliphatic carbocycles. The second kappa shape index (κ2) is 8.43. The van der Waals surface area contributed by atoms with Crippen LogP contribution in [0.3, 0.4) is 0 Å². The average molecular weight is 390 g/mol. The number of amides is 1. The van der Waals surface area contributed by atoms with Gasteiger partial charge in [0.25, 0.3) is 5.91 Å². The number of aryl methyl sites for hydroxylation is 1. The number of hydrogen-bond donors (Lipinski definition) is 0. The molecule has 1 atom stereocenters. The molecule has 0 unspecified atom stereocenters. The van der Waals surface area contributed by atoms with Crippen LogP contribution in [0.5, 0.6) is 5.75 Å². The number of carbonyl (C=O) groups excluding carboxylic acids is 1. The first kappa shape index (κ1) is 18.5. The molecule has 136 valence electrons. The standard InChI is InChI=1S/C20H20ClNO3S/c1-14-11-16(7-8-19(14)21)25-15(2)20(23)22(12-17-5-3-9-24-17)13-18-6-4-10-26-18/h3-11,15H,12-13H2,1-2H3/t15-/m0/s1. The van der Waals surface area contributed by atoms with Crippen LogP contribution >= 0.6 is 22.9 Å². The van der Waals surface area contributed by atoms with E-state index in [1.165, 1.54) is 0 Å². The van der Waals surface area contributed by atoms with Crippen molar-refractivity contribution in [3.63, 3.8) is 0 Å². The normalized spacial score (nSPS) is 12.0. The number of hydrogen-bond acceptors (Lipinski definition) is 4. The Bertz CT molecular complexity index is 810. The third-order valence-corrected chi connectivity index (χ3v) is 5.24. The van der Waals surface area contributed by atoms with E-state index < -0.39 is 6.10 Å². The maximum Gasteiger partial charge on any atom is 0.264 e. The summed E-state index contributed by atoms with van der Waals surface area (Å²) in [6.07, 6.45) is 0.991. The lowest BCUT2D eigenvalue weighted by molar-refractivity contribution is -0.139. The van der Waals surface area contributed by atoms with Crippen molar-refractivity contribution in [2.45, 2.75) is 33.0 Å². The molecular weight excluding hydrogens is 370 g/mol. The Morgan fingerprint density at radius 2 is 2.12 bits per heavy atom. The van der Waals surface area contributed by atoms with Crippen molar-refractivity contribution >= 4 is 28.8 Å². The van der Waals surface area contributed by atoms with Crippen LogP contribution in [0.1, 0.15) is 23.1 Å². The summed E-state index contributed by atoms with van der Waals surface area (Å²) in [5.74, 6) is 1.27. The number of carbonyl (C=O) groups is 1. The van der Waals surface area contributed by atoms with E-state index in [-0.39, 0.29) is 5.91 Å². The lowest BCUT2D eigenvalue weighted by atomic mass is 10.2. The van der Waals surface area contributed by atoms with E-state index in [0.717, 1.165) is 16.2 Å². The molecule has 0 aliphatic heterocycles. The highest BCUT2D eigenvalue weighted by molar-refractivity contribution is 7.09. The van der Waals surface area contributed by atoms with Gasteiger partial charge in [-0.3, -0.25) is 4.79 Å². The van der Waals surface area contributed by atoms with Crippen molar-refractivity contribution in [3.8, 4) is 5.75 Å². The fraction of sp³-hybridized carbons (Fsp3) is 0.250. The Morgan fingerprint density at radius 1 is 1.27 bits per heavy atom. The zero-order valence-corrected chi connectivity index (χ0v) is 16.2. The molecule has 3 rings (SSSR count). The molecule has 0 bridgehead atoms. The predicted molar refractivity (Wildman–Crippen MR) is 104 cm³/mol. The molecule has 0 spiro atoms. The van der Waals surface area contributed by atoms with Gasteiger partial charge in [0, 0.05) is 9.90 Å². The lowest BCUT2D eigenvalue weighted by Crippen LogP contribution is -2.39. The Labute approximate surface area is 162 Å². The summed E-state index contributed by atoms with van der Waals surface area (Å²) in [5.41, 5.74) is 0.912. The minimum atomic E-state index is -0.620. The quantitative estimate of drug-likeness (QED) is 0.550. The highest BCUT2D eigenvalue weighted by atomic mass is 35.5.